The Morgan fingerprint density at radius 3 is 2.46 bits per heavy atom. The molecule has 0 N–H and O–H groups in total. The van der Waals surface area contributed by atoms with Crippen LogP contribution in [-0.4, -0.2) is 24.9 Å². The van der Waals surface area contributed by atoms with Gasteiger partial charge in [0.2, 0.25) is 0 Å². The minimum Gasteiger partial charge on any atom is -0.345 e. The van der Waals surface area contributed by atoms with E-state index in [1.807, 2.05) is 0 Å². The summed E-state index contributed by atoms with van der Waals surface area (Å²) >= 11 is 0. The molecular weight excluding hydrogens is 176 g/mol. The molecule has 0 aliphatic heterocycles. The first-order chi connectivity index (χ1) is 6.04. The van der Waals surface area contributed by atoms with Crippen LogP contribution < -0.4 is 0 Å². The number of hydrogen-bond donors (Lipinski definition) is 0. The quantitative estimate of drug-likeness (QED) is 0.651. The average molecular weight is 185 g/mol. The summed E-state index contributed by atoms with van der Waals surface area (Å²) in [6.07, 6.45) is 0. The molecule has 1 amide bonds. The molecule has 1 aromatic carbocycles. The predicted molar refractivity (Wildman–Crippen MR) is 44.4 cm³/mol. The monoisotopic (exact) mass is 185 g/mol. The van der Waals surface area contributed by atoms with E-state index in [9.17, 15) is 13.6 Å². The summed E-state index contributed by atoms with van der Waals surface area (Å²) in [6, 6.07) is 3.53. The molecule has 0 saturated carbocycles. The van der Waals surface area contributed by atoms with Gasteiger partial charge in [0.1, 0.15) is 0 Å². The fourth-order valence-corrected chi connectivity index (χ4v) is 0.910. The van der Waals surface area contributed by atoms with Crippen molar-refractivity contribution in [2.45, 2.75) is 0 Å². The van der Waals surface area contributed by atoms with Gasteiger partial charge in [-0.05, 0) is 12.1 Å². The smallest absolute Gasteiger partial charge is 0.256 e. The third-order valence-corrected chi connectivity index (χ3v) is 1.59. The number of carbonyl (C=O) groups excluding carboxylic acids is 1. The molecular formula is C9H9F2NO. The van der Waals surface area contributed by atoms with Gasteiger partial charge < -0.3 is 4.90 Å². The fourth-order valence-electron chi connectivity index (χ4n) is 0.910. The van der Waals surface area contributed by atoms with Crippen molar-refractivity contribution in [2.24, 2.45) is 0 Å². The van der Waals surface area contributed by atoms with Crippen LogP contribution in [0.3, 0.4) is 0 Å². The maximum absolute atomic E-state index is 13.0. The second kappa shape index (κ2) is 3.51. The lowest BCUT2D eigenvalue weighted by atomic mass is 10.2. The molecule has 0 aliphatic carbocycles. The molecule has 0 heterocycles. The Balaban J connectivity index is 3.15. The summed E-state index contributed by atoms with van der Waals surface area (Å²) in [5.41, 5.74) is -0.245. The zero-order valence-corrected chi connectivity index (χ0v) is 7.34. The van der Waals surface area contributed by atoms with Gasteiger partial charge in [-0.2, -0.15) is 0 Å². The number of hydrogen-bond acceptors (Lipinski definition) is 1. The van der Waals surface area contributed by atoms with E-state index in [0.717, 1.165) is 6.07 Å². The fraction of sp³-hybridized carbons (Fsp3) is 0.222. The van der Waals surface area contributed by atoms with E-state index in [-0.39, 0.29) is 5.56 Å². The summed E-state index contributed by atoms with van der Waals surface area (Å²) in [5, 5.41) is 0. The topological polar surface area (TPSA) is 20.3 Å². The Kier molecular flexibility index (Phi) is 2.60. The lowest BCUT2D eigenvalue weighted by Gasteiger charge is -2.10. The Labute approximate surface area is 74.8 Å². The summed E-state index contributed by atoms with van der Waals surface area (Å²) in [5.74, 6) is -2.65. The average Bonchev–Trinajstić information content (AvgIpc) is 2.08. The molecule has 1 aromatic rings. The number of amides is 1. The molecule has 2 nitrogen and oxygen atoms in total. The maximum Gasteiger partial charge on any atom is 0.256 e. The zero-order valence-electron chi connectivity index (χ0n) is 7.34. The van der Waals surface area contributed by atoms with Crippen LogP contribution in [0.15, 0.2) is 18.2 Å². The van der Waals surface area contributed by atoms with E-state index >= 15 is 0 Å². The maximum atomic E-state index is 13.0. The molecule has 0 spiro atoms. The van der Waals surface area contributed by atoms with Gasteiger partial charge >= 0.3 is 0 Å². The minimum atomic E-state index is -1.10. The molecule has 70 valence electrons. The van der Waals surface area contributed by atoms with Gasteiger partial charge in [-0.3, -0.25) is 4.79 Å². The number of benzene rings is 1. The van der Waals surface area contributed by atoms with E-state index in [4.69, 9.17) is 0 Å². The molecule has 0 unspecified atom stereocenters. The second-order valence-electron chi connectivity index (χ2n) is 2.80. The zero-order chi connectivity index (χ0) is 10.0. The van der Waals surface area contributed by atoms with Crippen LogP contribution in [0.5, 0.6) is 0 Å². The Morgan fingerprint density at radius 1 is 1.31 bits per heavy atom. The third-order valence-electron chi connectivity index (χ3n) is 1.59. The van der Waals surface area contributed by atoms with Gasteiger partial charge in [0.25, 0.3) is 5.91 Å². The van der Waals surface area contributed by atoms with Crippen LogP contribution in [0.2, 0.25) is 0 Å². The Morgan fingerprint density at radius 2 is 1.92 bits per heavy atom. The molecule has 0 saturated heterocycles. The highest BCUT2D eigenvalue weighted by Crippen LogP contribution is 2.12. The molecule has 1 rings (SSSR count). The van der Waals surface area contributed by atoms with Crippen LogP contribution in [0.1, 0.15) is 10.4 Å². The van der Waals surface area contributed by atoms with Crippen molar-refractivity contribution in [3.8, 4) is 0 Å². The summed E-state index contributed by atoms with van der Waals surface area (Å²) < 4.78 is 25.6. The van der Waals surface area contributed by atoms with Crippen molar-refractivity contribution in [1.82, 2.24) is 4.90 Å². The Bertz CT molecular complexity index is 336. The number of halogens is 2. The van der Waals surface area contributed by atoms with Gasteiger partial charge in [0.05, 0.1) is 5.56 Å². The molecule has 0 fully saturated rings. The van der Waals surface area contributed by atoms with Crippen molar-refractivity contribution in [2.75, 3.05) is 14.1 Å². The van der Waals surface area contributed by atoms with Crippen molar-refractivity contribution in [1.29, 1.82) is 0 Å². The van der Waals surface area contributed by atoms with Crippen LogP contribution in [0.25, 0.3) is 0 Å². The van der Waals surface area contributed by atoms with Crippen LogP contribution in [0, 0.1) is 11.6 Å². The molecule has 0 atom stereocenters. The van der Waals surface area contributed by atoms with Crippen LogP contribution in [0.4, 0.5) is 8.78 Å². The molecule has 0 aromatic heterocycles. The molecule has 0 aliphatic rings. The van der Waals surface area contributed by atoms with E-state index in [1.54, 1.807) is 0 Å². The van der Waals surface area contributed by atoms with Gasteiger partial charge in [-0.25, -0.2) is 8.78 Å². The lowest BCUT2D eigenvalue weighted by molar-refractivity contribution is 0.0822. The summed E-state index contributed by atoms with van der Waals surface area (Å²) in [4.78, 5) is 12.4. The highest BCUT2D eigenvalue weighted by molar-refractivity contribution is 5.94. The van der Waals surface area contributed by atoms with E-state index in [1.165, 1.54) is 31.1 Å². The molecule has 0 radical (unpaired) electrons. The summed E-state index contributed by atoms with van der Waals surface area (Å²) in [6.45, 7) is 0. The second-order valence-corrected chi connectivity index (χ2v) is 2.80. The molecule has 13 heavy (non-hydrogen) atoms. The van der Waals surface area contributed by atoms with Gasteiger partial charge in [0.15, 0.2) is 11.6 Å². The third kappa shape index (κ3) is 1.83. The highest BCUT2D eigenvalue weighted by atomic mass is 19.2. The van der Waals surface area contributed by atoms with E-state index < -0.39 is 17.5 Å². The van der Waals surface area contributed by atoms with E-state index in [2.05, 4.69) is 0 Å². The first kappa shape index (κ1) is 9.64. The highest BCUT2D eigenvalue weighted by Gasteiger charge is 2.15. The van der Waals surface area contributed by atoms with Crippen molar-refractivity contribution in [3.63, 3.8) is 0 Å². The SMILES string of the molecule is CN(C)C(=O)c1cccc(F)c1F. The number of carbonyl (C=O) groups is 1. The summed E-state index contributed by atoms with van der Waals surface area (Å²) in [7, 11) is 2.96. The van der Waals surface area contributed by atoms with Crippen LogP contribution in [-0.2, 0) is 0 Å². The lowest BCUT2D eigenvalue weighted by Crippen LogP contribution is -2.23. The van der Waals surface area contributed by atoms with E-state index in [0.29, 0.717) is 0 Å². The number of nitrogens with zero attached hydrogens (tertiary/aromatic N) is 1. The minimum absolute atomic E-state index is 0.245. The largest absolute Gasteiger partial charge is 0.345 e. The molecule has 0 bridgehead atoms. The van der Waals surface area contributed by atoms with Gasteiger partial charge in [-0.1, -0.05) is 6.07 Å². The Hall–Kier alpha value is -1.45. The van der Waals surface area contributed by atoms with Crippen molar-refractivity contribution >= 4 is 5.91 Å². The first-order valence-corrected chi connectivity index (χ1v) is 3.69. The predicted octanol–water partition coefficient (Wildman–Crippen LogP) is 1.67. The van der Waals surface area contributed by atoms with Gasteiger partial charge in [-0.15, -0.1) is 0 Å². The van der Waals surface area contributed by atoms with Crippen molar-refractivity contribution < 1.29 is 13.6 Å². The van der Waals surface area contributed by atoms with Crippen molar-refractivity contribution in [3.05, 3.63) is 35.4 Å². The normalized spacial score (nSPS) is 9.85. The number of rotatable bonds is 1. The first-order valence-electron chi connectivity index (χ1n) is 3.69. The molecule has 4 heteroatoms. The van der Waals surface area contributed by atoms with Crippen LogP contribution >= 0.6 is 0 Å². The standard InChI is InChI=1S/C9H9F2NO/c1-12(2)9(13)6-4-3-5-7(10)8(6)11/h3-5H,1-2H3. The van der Waals surface area contributed by atoms with Gasteiger partial charge in [0, 0.05) is 14.1 Å².